The Morgan fingerprint density at radius 1 is 1.00 bits per heavy atom. The summed E-state index contributed by atoms with van der Waals surface area (Å²) in [5, 5.41) is 0. The fourth-order valence-corrected chi connectivity index (χ4v) is 1.88. The standard InChI is InChI=1S/C15H12F3NO/c16-11-7-6-10(13(17)14(11)18)15(20)12(19)8-9-4-2-1-3-5-9/h1-7,12H,8,19H2. The molecule has 1 atom stereocenters. The molecule has 0 aliphatic carbocycles. The number of Topliss-reactive ketones (excluding diaryl/α,β-unsaturated/α-hetero) is 1. The lowest BCUT2D eigenvalue weighted by Crippen LogP contribution is -2.33. The molecule has 0 saturated heterocycles. The van der Waals surface area contributed by atoms with E-state index in [4.69, 9.17) is 5.73 Å². The van der Waals surface area contributed by atoms with E-state index in [-0.39, 0.29) is 6.42 Å². The average molecular weight is 279 g/mol. The fraction of sp³-hybridized carbons (Fsp3) is 0.133. The molecule has 1 unspecified atom stereocenters. The molecule has 2 nitrogen and oxygen atoms in total. The first-order valence-electron chi connectivity index (χ1n) is 5.98. The van der Waals surface area contributed by atoms with E-state index in [2.05, 4.69) is 0 Å². The summed E-state index contributed by atoms with van der Waals surface area (Å²) in [4.78, 5) is 12.0. The molecule has 0 bridgehead atoms. The summed E-state index contributed by atoms with van der Waals surface area (Å²) in [5.74, 6) is -5.26. The number of carbonyl (C=O) groups excluding carboxylic acids is 1. The topological polar surface area (TPSA) is 43.1 Å². The van der Waals surface area contributed by atoms with Gasteiger partial charge in [0.25, 0.3) is 0 Å². The molecule has 0 amide bonds. The first-order valence-corrected chi connectivity index (χ1v) is 5.98. The Hall–Kier alpha value is -2.14. The van der Waals surface area contributed by atoms with Crippen LogP contribution in [0.25, 0.3) is 0 Å². The van der Waals surface area contributed by atoms with Crippen molar-refractivity contribution in [2.45, 2.75) is 12.5 Å². The molecular weight excluding hydrogens is 267 g/mol. The minimum absolute atomic E-state index is 0.193. The minimum atomic E-state index is -1.66. The lowest BCUT2D eigenvalue weighted by atomic mass is 9.98. The van der Waals surface area contributed by atoms with Crippen LogP contribution < -0.4 is 5.73 Å². The summed E-state index contributed by atoms with van der Waals surface area (Å²) < 4.78 is 39.4. The predicted molar refractivity (Wildman–Crippen MR) is 68.8 cm³/mol. The van der Waals surface area contributed by atoms with Gasteiger partial charge >= 0.3 is 0 Å². The van der Waals surface area contributed by atoms with Crippen molar-refractivity contribution in [2.24, 2.45) is 5.73 Å². The van der Waals surface area contributed by atoms with Gasteiger partial charge in [0.15, 0.2) is 23.2 Å². The molecule has 2 rings (SSSR count). The van der Waals surface area contributed by atoms with Crippen molar-refractivity contribution in [1.82, 2.24) is 0 Å². The predicted octanol–water partition coefficient (Wildman–Crippen LogP) is 2.86. The second kappa shape index (κ2) is 5.88. The molecule has 0 aliphatic heterocycles. The number of ketones is 1. The summed E-state index contributed by atoms with van der Waals surface area (Å²) in [6.45, 7) is 0. The Labute approximate surface area is 114 Å². The maximum atomic E-state index is 13.5. The van der Waals surface area contributed by atoms with Crippen LogP contribution >= 0.6 is 0 Å². The molecule has 0 aromatic heterocycles. The SMILES string of the molecule is NC(Cc1ccccc1)C(=O)c1ccc(F)c(F)c1F. The molecule has 0 spiro atoms. The van der Waals surface area contributed by atoms with Gasteiger partial charge in [0, 0.05) is 0 Å². The van der Waals surface area contributed by atoms with Crippen LogP contribution in [-0.2, 0) is 6.42 Å². The van der Waals surface area contributed by atoms with Crippen molar-refractivity contribution in [1.29, 1.82) is 0 Å². The van der Waals surface area contributed by atoms with Gasteiger partial charge in [0.2, 0.25) is 0 Å². The smallest absolute Gasteiger partial charge is 0.195 e. The average Bonchev–Trinajstić information content (AvgIpc) is 2.45. The lowest BCUT2D eigenvalue weighted by molar-refractivity contribution is 0.0955. The zero-order chi connectivity index (χ0) is 14.7. The Balaban J connectivity index is 2.21. The second-order valence-corrected chi connectivity index (χ2v) is 4.38. The summed E-state index contributed by atoms with van der Waals surface area (Å²) in [6, 6.07) is 9.52. The molecule has 0 heterocycles. The van der Waals surface area contributed by atoms with Gasteiger partial charge in [-0.15, -0.1) is 0 Å². The van der Waals surface area contributed by atoms with Gasteiger partial charge in [-0.05, 0) is 24.1 Å². The summed E-state index contributed by atoms with van der Waals surface area (Å²) in [5.41, 5.74) is 5.97. The number of nitrogens with two attached hydrogens (primary N) is 1. The van der Waals surface area contributed by atoms with Gasteiger partial charge in [0.05, 0.1) is 11.6 Å². The van der Waals surface area contributed by atoms with Crippen LogP contribution in [0.4, 0.5) is 13.2 Å². The van der Waals surface area contributed by atoms with E-state index >= 15 is 0 Å². The fourth-order valence-electron chi connectivity index (χ4n) is 1.88. The van der Waals surface area contributed by atoms with E-state index in [9.17, 15) is 18.0 Å². The van der Waals surface area contributed by atoms with Crippen molar-refractivity contribution < 1.29 is 18.0 Å². The molecule has 20 heavy (non-hydrogen) atoms. The van der Waals surface area contributed by atoms with Crippen molar-refractivity contribution in [3.8, 4) is 0 Å². The zero-order valence-electron chi connectivity index (χ0n) is 10.4. The highest BCUT2D eigenvalue weighted by Crippen LogP contribution is 2.17. The number of hydrogen-bond donors (Lipinski definition) is 1. The summed E-state index contributed by atoms with van der Waals surface area (Å²) >= 11 is 0. The summed E-state index contributed by atoms with van der Waals surface area (Å²) in [6.07, 6.45) is 0.193. The monoisotopic (exact) mass is 279 g/mol. The maximum absolute atomic E-state index is 13.5. The molecule has 2 N–H and O–H groups in total. The third-order valence-electron chi connectivity index (χ3n) is 2.94. The third kappa shape index (κ3) is 2.88. The van der Waals surface area contributed by atoms with Crippen LogP contribution in [0.1, 0.15) is 15.9 Å². The highest BCUT2D eigenvalue weighted by Gasteiger charge is 2.23. The van der Waals surface area contributed by atoms with E-state index in [1.165, 1.54) is 0 Å². The molecule has 5 heteroatoms. The van der Waals surface area contributed by atoms with E-state index < -0.39 is 34.8 Å². The molecule has 2 aromatic carbocycles. The Bertz CT molecular complexity index is 629. The van der Waals surface area contributed by atoms with Gasteiger partial charge in [-0.2, -0.15) is 0 Å². The highest BCUT2D eigenvalue weighted by molar-refractivity contribution is 6.00. The Kier molecular flexibility index (Phi) is 4.20. The molecule has 0 aliphatic rings. The minimum Gasteiger partial charge on any atom is -0.321 e. The first kappa shape index (κ1) is 14.3. The number of halogens is 3. The van der Waals surface area contributed by atoms with E-state index in [0.717, 1.165) is 11.6 Å². The van der Waals surface area contributed by atoms with Crippen molar-refractivity contribution in [3.63, 3.8) is 0 Å². The van der Waals surface area contributed by atoms with Crippen LogP contribution in [0.2, 0.25) is 0 Å². The molecule has 104 valence electrons. The number of rotatable bonds is 4. The highest BCUT2D eigenvalue weighted by atomic mass is 19.2. The van der Waals surface area contributed by atoms with Crippen LogP contribution in [0, 0.1) is 17.5 Å². The van der Waals surface area contributed by atoms with Crippen LogP contribution in [-0.4, -0.2) is 11.8 Å². The van der Waals surface area contributed by atoms with Crippen LogP contribution in [0.15, 0.2) is 42.5 Å². The van der Waals surface area contributed by atoms with Crippen molar-refractivity contribution in [2.75, 3.05) is 0 Å². The molecular formula is C15H12F3NO. The van der Waals surface area contributed by atoms with E-state index in [0.29, 0.717) is 6.07 Å². The lowest BCUT2D eigenvalue weighted by Gasteiger charge is -2.11. The molecule has 0 fully saturated rings. The van der Waals surface area contributed by atoms with Crippen molar-refractivity contribution >= 4 is 5.78 Å². The van der Waals surface area contributed by atoms with Gasteiger partial charge < -0.3 is 5.73 Å². The van der Waals surface area contributed by atoms with Crippen LogP contribution in [0.5, 0.6) is 0 Å². The van der Waals surface area contributed by atoms with Gasteiger partial charge in [-0.1, -0.05) is 30.3 Å². The Morgan fingerprint density at radius 2 is 1.65 bits per heavy atom. The first-order chi connectivity index (χ1) is 9.50. The summed E-state index contributed by atoms with van der Waals surface area (Å²) in [7, 11) is 0. The molecule has 2 aromatic rings. The second-order valence-electron chi connectivity index (χ2n) is 4.38. The number of carbonyl (C=O) groups is 1. The quantitative estimate of drug-likeness (QED) is 0.691. The third-order valence-corrected chi connectivity index (χ3v) is 2.94. The van der Waals surface area contributed by atoms with E-state index in [1.807, 2.05) is 6.07 Å². The molecule has 0 radical (unpaired) electrons. The Morgan fingerprint density at radius 3 is 2.30 bits per heavy atom. The van der Waals surface area contributed by atoms with Gasteiger partial charge in [0.1, 0.15) is 0 Å². The van der Waals surface area contributed by atoms with Gasteiger partial charge in [-0.3, -0.25) is 4.79 Å². The number of benzene rings is 2. The zero-order valence-corrected chi connectivity index (χ0v) is 10.4. The maximum Gasteiger partial charge on any atom is 0.195 e. The largest absolute Gasteiger partial charge is 0.321 e. The number of hydrogen-bond acceptors (Lipinski definition) is 2. The van der Waals surface area contributed by atoms with Crippen LogP contribution in [0.3, 0.4) is 0 Å². The van der Waals surface area contributed by atoms with E-state index in [1.54, 1.807) is 24.3 Å². The van der Waals surface area contributed by atoms with Gasteiger partial charge in [-0.25, -0.2) is 13.2 Å². The normalized spacial score (nSPS) is 12.2. The molecule has 0 saturated carbocycles. The van der Waals surface area contributed by atoms with Crippen molar-refractivity contribution in [3.05, 3.63) is 71.0 Å².